The normalized spacial score (nSPS) is 13.6. The molecule has 0 saturated carbocycles. The van der Waals surface area contributed by atoms with Crippen LogP contribution in [0.25, 0.3) is 0 Å². The van der Waals surface area contributed by atoms with E-state index in [0.29, 0.717) is 6.42 Å². The smallest absolute Gasteiger partial charge is 0.215 e. The highest BCUT2D eigenvalue weighted by Gasteiger charge is 2.10. The van der Waals surface area contributed by atoms with Crippen molar-refractivity contribution < 1.29 is 13.5 Å². The molecule has 1 atom stereocenters. The molecular weight excluding hydrogens is 226 g/mol. The van der Waals surface area contributed by atoms with Crippen LogP contribution >= 0.6 is 0 Å². The molecule has 0 amide bonds. The summed E-state index contributed by atoms with van der Waals surface area (Å²) in [4.78, 5) is 0. The topological polar surface area (TPSA) is 66.4 Å². The summed E-state index contributed by atoms with van der Waals surface area (Å²) in [6.45, 7) is 1.90. The minimum Gasteiger partial charge on any atom is -0.393 e. The van der Waals surface area contributed by atoms with Gasteiger partial charge >= 0.3 is 0 Å². The molecule has 0 aliphatic rings. The maximum Gasteiger partial charge on any atom is 0.215 e. The molecule has 5 heteroatoms. The first-order chi connectivity index (χ1) is 7.49. The van der Waals surface area contributed by atoms with Gasteiger partial charge in [0.1, 0.15) is 0 Å². The summed E-state index contributed by atoms with van der Waals surface area (Å²) in [7, 11) is -3.29. The van der Waals surface area contributed by atoms with E-state index < -0.39 is 16.1 Å². The molecule has 0 spiro atoms. The first-order valence-electron chi connectivity index (χ1n) is 5.19. The van der Waals surface area contributed by atoms with Crippen molar-refractivity contribution in [2.24, 2.45) is 0 Å². The third-order valence-electron chi connectivity index (χ3n) is 2.08. The van der Waals surface area contributed by atoms with Crippen LogP contribution in [0.15, 0.2) is 30.3 Å². The Balaban J connectivity index is 2.46. The maximum absolute atomic E-state index is 11.6. The number of benzene rings is 1. The van der Waals surface area contributed by atoms with E-state index in [4.69, 9.17) is 5.11 Å². The molecule has 90 valence electrons. The lowest BCUT2D eigenvalue weighted by atomic mass is 10.2. The molecule has 0 fully saturated rings. The van der Waals surface area contributed by atoms with Gasteiger partial charge in [0.25, 0.3) is 0 Å². The standard InChI is InChI=1S/C11H17NO3S/c1-10(13)7-8-12-16(14,15)9-11-5-3-2-4-6-11/h2-6,10,12-13H,7-9H2,1H3. The molecule has 0 saturated heterocycles. The number of hydrogen-bond acceptors (Lipinski definition) is 3. The van der Waals surface area contributed by atoms with Crippen LogP contribution < -0.4 is 4.72 Å². The first-order valence-corrected chi connectivity index (χ1v) is 6.84. The Labute approximate surface area is 96.4 Å². The average molecular weight is 243 g/mol. The van der Waals surface area contributed by atoms with Crippen molar-refractivity contribution in [3.05, 3.63) is 35.9 Å². The van der Waals surface area contributed by atoms with E-state index in [0.717, 1.165) is 5.56 Å². The largest absolute Gasteiger partial charge is 0.393 e. The maximum atomic E-state index is 11.6. The molecule has 0 heterocycles. The zero-order valence-corrected chi connectivity index (χ0v) is 10.1. The second kappa shape index (κ2) is 5.98. The molecule has 1 rings (SSSR count). The van der Waals surface area contributed by atoms with Crippen molar-refractivity contribution in [2.75, 3.05) is 6.54 Å². The molecule has 1 aromatic rings. The zero-order chi connectivity index (χ0) is 12.0. The van der Waals surface area contributed by atoms with Gasteiger partial charge in [-0.1, -0.05) is 30.3 Å². The Bertz CT molecular complexity index is 400. The summed E-state index contributed by atoms with van der Waals surface area (Å²) in [5, 5.41) is 9.00. The Kier molecular flexibility index (Phi) is 4.92. The van der Waals surface area contributed by atoms with E-state index in [9.17, 15) is 8.42 Å². The van der Waals surface area contributed by atoms with Crippen LogP contribution in [0.1, 0.15) is 18.9 Å². The minimum absolute atomic E-state index is 0.0202. The number of aliphatic hydroxyl groups excluding tert-OH is 1. The van der Waals surface area contributed by atoms with Gasteiger partial charge < -0.3 is 5.11 Å². The van der Waals surface area contributed by atoms with Gasteiger partial charge in [0.05, 0.1) is 11.9 Å². The zero-order valence-electron chi connectivity index (χ0n) is 9.26. The van der Waals surface area contributed by atoms with Gasteiger partial charge in [-0.05, 0) is 18.9 Å². The SMILES string of the molecule is CC(O)CCNS(=O)(=O)Cc1ccccc1. The lowest BCUT2D eigenvalue weighted by molar-refractivity contribution is 0.186. The second-order valence-corrected chi connectivity index (χ2v) is 5.58. The summed E-state index contributed by atoms with van der Waals surface area (Å²) in [5.74, 6) is -0.0202. The van der Waals surface area contributed by atoms with Crippen molar-refractivity contribution in [3.63, 3.8) is 0 Å². The van der Waals surface area contributed by atoms with Crippen molar-refractivity contribution >= 4 is 10.0 Å². The Morgan fingerprint density at radius 1 is 1.31 bits per heavy atom. The highest BCUT2D eigenvalue weighted by atomic mass is 32.2. The van der Waals surface area contributed by atoms with Crippen LogP contribution in [0.5, 0.6) is 0 Å². The van der Waals surface area contributed by atoms with Gasteiger partial charge in [-0.25, -0.2) is 13.1 Å². The summed E-state index contributed by atoms with van der Waals surface area (Å²) in [6.07, 6.45) is -0.0620. The quantitative estimate of drug-likeness (QED) is 0.779. The van der Waals surface area contributed by atoms with Crippen molar-refractivity contribution in [3.8, 4) is 0 Å². The van der Waals surface area contributed by atoms with Crippen molar-refractivity contribution in [1.82, 2.24) is 4.72 Å². The molecule has 1 aromatic carbocycles. The van der Waals surface area contributed by atoms with Crippen molar-refractivity contribution in [1.29, 1.82) is 0 Å². The van der Waals surface area contributed by atoms with Gasteiger partial charge in [0.15, 0.2) is 0 Å². The number of sulfonamides is 1. The van der Waals surface area contributed by atoms with E-state index in [1.54, 1.807) is 31.2 Å². The monoisotopic (exact) mass is 243 g/mol. The lowest BCUT2D eigenvalue weighted by Gasteiger charge is -2.07. The number of rotatable bonds is 6. The van der Waals surface area contributed by atoms with E-state index >= 15 is 0 Å². The third-order valence-corrected chi connectivity index (χ3v) is 3.44. The van der Waals surface area contributed by atoms with Crippen LogP contribution in [0.3, 0.4) is 0 Å². The van der Waals surface area contributed by atoms with Crippen LogP contribution in [-0.4, -0.2) is 26.2 Å². The minimum atomic E-state index is -3.29. The predicted molar refractivity (Wildman–Crippen MR) is 63.4 cm³/mol. The number of nitrogens with one attached hydrogen (secondary N) is 1. The van der Waals surface area contributed by atoms with Crippen molar-refractivity contribution in [2.45, 2.75) is 25.2 Å². The van der Waals surface area contributed by atoms with E-state index in [-0.39, 0.29) is 12.3 Å². The Morgan fingerprint density at radius 3 is 2.50 bits per heavy atom. The molecule has 0 aliphatic heterocycles. The highest BCUT2D eigenvalue weighted by molar-refractivity contribution is 7.88. The van der Waals surface area contributed by atoms with E-state index in [1.165, 1.54) is 0 Å². The molecule has 1 unspecified atom stereocenters. The molecule has 16 heavy (non-hydrogen) atoms. The van der Waals surface area contributed by atoms with Gasteiger partial charge in [0, 0.05) is 6.54 Å². The molecule has 0 aromatic heterocycles. The Hall–Kier alpha value is -0.910. The molecule has 0 radical (unpaired) electrons. The highest BCUT2D eigenvalue weighted by Crippen LogP contribution is 2.03. The molecule has 0 aliphatic carbocycles. The van der Waals surface area contributed by atoms with E-state index in [2.05, 4.69) is 4.72 Å². The summed E-state index contributed by atoms with van der Waals surface area (Å²) in [6, 6.07) is 9.00. The third kappa shape index (κ3) is 5.25. The predicted octanol–water partition coefficient (Wildman–Crippen LogP) is 0.877. The summed E-state index contributed by atoms with van der Waals surface area (Å²) < 4.78 is 25.6. The number of hydrogen-bond donors (Lipinski definition) is 2. The number of aliphatic hydroxyl groups is 1. The van der Waals surface area contributed by atoms with Crippen LogP contribution in [-0.2, 0) is 15.8 Å². The van der Waals surface area contributed by atoms with Gasteiger partial charge in [0.2, 0.25) is 10.0 Å². The molecule has 0 bridgehead atoms. The summed E-state index contributed by atoms with van der Waals surface area (Å²) >= 11 is 0. The van der Waals surface area contributed by atoms with Gasteiger partial charge in [-0.3, -0.25) is 0 Å². The molecule has 2 N–H and O–H groups in total. The van der Waals surface area contributed by atoms with Crippen LogP contribution in [0, 0.1) is 0 Å². The molecular formula is C11H17NO3S. The van der Waals surface area contributed by atoms with Gasteiger partial charge in [-0.2, -0.15) is 0 Å². The van der Waals surface area contributed by atoms with Crippen LogP contribution in [0.2, 0.25) is 0 Å². The fourth-order valence-electron chi connectivity index (χ4n) is 1.27. The van der Waals surface area contributed by atoms with Gasteiger partial charge in [-0.15, -0.1) is 0 Å². The Morgan fingerprint density at radius 2 is 1.94 bits per heavy atom. The fourth-order valence-corrected chi connectivity index (χ4v) is 2.43. The summed E-state index contributed by atoms with van der Waals surface area (Å²) in [5.41, 5.74) is 0.757. The average Bonchev–Trinajstić information content (AvgIpc) is 2.17. The first kappa shape index (κ1) is 13.2. The molecule has 4 nitrogen and oxygen atoms in total. The fraction of sp³-hybridized carbons (Fsp3) is 0.455. The lowest BCUT2D eigenvalue weighted by Crippen LogP contribution is -2.27. The van der Waals surface area contributed by atoms with E-state index in [1.807, 2.05) is 6.07 Å². The van der Waals surface area contributed by atoms with Crippen LogP contribution in [0.4, 0.5) is 0 Å². The second-order valence-electron chi connectivity index (χ2n) is 3.78.